The number of nitrogens with two attached hydrogens (primary N) is 1. The van der Waals surface area contributed by atoms with Crippen molar-refractivity contribution < 1.29 is 8.42 Å². The maximum Gasteiger partial charge on any atom is 0.264 e. The zero-order valence-electron chi connectivity index (χ0n) is 11.9. The lowest BCUT2D eigenvalue weighted by Crippen LogP contribution is -2.29. The zero-order valence-corrected chi connectivity index (χ0v) is 12.7. The van der Waals surface area contributed by atoms with E-state index in [-0.39, 0.29) is 0 Å². The second-order valence-corrected chi connectivity index (χ2v) is 7.03. The SMILES string of the molecule is Cc1c(CN)cccc1S(=O)(=O)N1CCc2ccccc21. The molecule has 0 fully saturated rings. The molecular formula is C16H18N2O2S. The molecule has 2 aromatic carbocycles. The molecule has 1 aliphatic rings. The number of fused-ring (bicyclic) bond motifs is 1. The molecule has 2 N–H and O–H groups in total. The summed E-state index contributed by atoms with van der Waals surface area (Å²) in [7, 11) is -3.54. The van der Waals surface area contributed by atoms with E-state index in [1.807, 2.05) is 37.3 Å². The molecule has 0 spiro atoms. The minimum absolute atomic E-state index is 0.339. The average Bonchev–Trinajstić information content (AvgIpc) is 2.92. The minimum Gasteiger partial charge on any atom is -0.326 e. The summed E-state index contributed by atoms with van der Waals surface area (Å²) in [6.45, 7) is 2.65. The number of hydrogen-bond donors (Lipinski definition) is 1. The van der Waals surface area contributed by atoms with E-state index in [1.165, 1.54) is 4.31 Å². The van der Waals surface area contributed by atoms with E-state index in [0.29, 0.717) is 18.0 Å². The van der Waals surface area contributed by atoms with Crippen LogP contribution in [0.15, 0.2) is 47.4 Å². The van der Waals surface area contributed by atoms with E-state index in [2.05, 4.69) is 0 Å². The number of nitrogens with zero attached hydrogens (tertiary/aromatic N) is 1. The second kappa shape index (κ2) is 5.16. The minimum atomic E-state index is -3.54. The van der Waals surface area contributed by atoms with Gasteiger partial charge in [0.05, 0.1) is 10.6 Å². The maximum absolute atomic E-state index is 13.0. The number of rotatable bonds is 3. The van der Waals surface area contributed by atoms with Crippen LogP contribution in [-0.2, 0) is 23.0 Å². The number of anilines is 1. The molecule has 5 heteroatoms. The quantitative estimate of drug-likeness (QED) is 0.945. The predicted molar refractivity (Wildman–Crippen MR) is 83.7 cm³/mol. The standard InChI is InChI=1S/C16H18N2O2S/c1-12-14(11-17)6-4-8-16(12)21(19,20)18-10-9-13-5-2-3-7-15(13)18/h2-8H,9-11,17H2,1H3. The zero-order chi connectivity index (χ0) is 15.0. The molecule has 1 heterocycles. The van der Waals surface area contributed by atoms with Gasteiger partial charge in [-0.2, -0.15) is 0 Å². The topological polar surface area (TPSA) is 63.4 Å². The van der Waals surface area contributed by atoms with Crippen LogP contribution < -0.4 is 10.0 Å². The molecule has 0 radical (unpaired) electrons. The van der Waals surface area contributed by atoms with Crippen LogP contribution in [0.5, 0.6) is 0 Å². The first-order valence-corrected chi connectivity index (χ1v) is 8.39. The van der Waals surface area contributed by atoms with Crippen molar-refractivity contribution in [1.29, 1.82) is 0 Å². The smallest absolute Gasteiger partial charge is 0.264 e. The molecule has 3 rings (SSSR count). The molecule has 0 aromatic heterocycles. The summed E-state index contributed by atoms with van der Waals surface area (Å²) in [5, 5.41) is 0. The number of benzene rings is 2. The van der Waals surface area contributed by atoms with Gasteiger partial charge in [0.2, 0.25) is 0 Å². The Bertz CT molecular complexity index is 785. The fourth-order valence-corrected chi connectivity index (χ4v) is 4.61. The van der Waals surface area contributed by atoms with E-state index in [1.54, 1.807) is 12.1 Å². The summed E-state index contributed by atoms with van der Waals surface area (Å²) in [4.78, 5) is 0.349. The third-order valence-electron chi connectivity index (χ3n) is 4.03. The van der Waals surface area contributed by atoms with Gasteiger partial charge in [-0.25, -0.2) is 8.42 Å². The molecule has 0 amide bonds. The first-order chi connectivity index (χ1) is 10.1. The van der Waals surface area contributed by atoms with Gasteiger partial charge >= 0.3 is 0 Å². The van der Waals surface area contributed by atoms with Crippen molar-refractivity contribution >= 4 is 15.7 Å². The van der Waals surface area contributed by atoms with E-state index in [9.17, 15) is 8.42 Å². The largest absolute Gasteiger partial charge is 0.326 e. The fraction of sp³-hybridized carbons (Fsp3) is 0.250. The van der Waals surface area contributed by atoms with Crippen molar-refractivity contribution in [3.05, 3.63) is 59.2 Å². The van der Waals surface area contributed by atoms with Crippen LogP contribution in [0.4, 0.5) is 5.69 Å². The summed E-state index contributed by atoms with van der Waals surface area (Å²) in [5.74, 6) is 0. The Morgan fingerprint density at radius 3 is 2.67 bits per heavy atom. The van der Waals surface area contributed by atoms with Crippen molar-refractivity contribution in [2.24, 2.45) is 5.73 Å². The van der Waals surface area contributed by atoms with Gasteiger partial charge in [-0.1, -0.05) is 30.3 Å². The molecule has 0 bridgehead atoms. The van der Waals surface area contributed by atoms with Gasteiger partial charge in [0.25, 0.3) is 10.0 Å². The second-order valence-electron chi connectivity index (χ2n) is 5.20. The van der Waals surface area contributed by atoms with Crippen LogP contribution in [0.1, 0.15) is 16.7 Å². The molecule has 1 aliphatic heterocycles. The molecule has 2 aromatic rings. The first kappa shape index (κ1) is 14.1. The molecule has 21 heavy (non-hydrogen) atoms. The normalized spacial score (nSPS) is 14.3. The molecule has 0 saturated heterocycles. The van der Waals surface area contributed by atoms with E-state index < -0.39 is 10.0 Å². The van der Waals surface area contributed by atoms with Gasteiger partial charge in [-0.15, -0.1) is 0 Å². The molecule has 4 nitrogen and oxygen atoms in total. The van der Waals surface area contributed by atoms with Crippen LogP contribution in [-0.4, -0.2) is 15.0 Å². The van der Waals surface area contributed by atoms with Gasteiger partial charge in [0, 0.05) is 13.1 Å². The Morgan fingerprint density at radius 2 is 1.90 bits per heavy atom. The van der Waals surface area contributed by atoms with Gasteiger partial charge in [-0.05, 0) is 42.2 Å². The van der Waals surface area contributed by atoms with Crippen LogP contribution in [0.25, 0.3) is 0 Å². The predicted octanol–water partition coefficient (Wildman–Crippen LogP) is 2.21. The third-order valence-corrected chi connectivity index (χ3v) is 5.99. The Labute approximate surface area is 125 Å². The Balaban J connectivity index is 2.11. The summed E-state index contributed by atoms with van der Waals surface area (Å²) in [6.07, 6.45) is 0.755. The Morgan fingerprint density at radius 1 is 1.14 bits per heavy atom. The Kier molecular flexibility index (Phi) is 3.47. The van der Waals surface area contributed by atoms with E-state index in [4.69, 9.17) is 5.73 Å². The number of hydrogen-bond acceptors (Lipinski definition) is 3. The summed E-state index contributed by atoms with van der Waals surface area (Å²) < 4.78 is 27.4. The highest BCUT2D eigenvalue weighted by Crippen LogP contribution is 2.33. The van der Waals surface area contributed by atoms with Gasteiger partial charge < -0.3 is 5.73 Å². The molecule has 0 unspecified atom stereocenters. The van der Waals surface area contributed by atoms with Crippen molar-refractivity contribution in [3.63, 3.8) is 0 Å². The fourth-order valence-electron chi connectivity index (χ4n) is 2.84. The lowest BCUT2D eigenvalue weighted by Gasteiger charge is -2.21. The average molecular weight is 302 g/mol. The van der Waals surface area contributed by atoms with Crippen LogP contribution in [0, 0.1) is 6.92 Å². The lowest BCUT2D eigenvalue weighted by molar-refractivity contribution is 0.591. The van der Waals surface area contributed by atoms with Crippen LogP contribution in [0.3, 0.4) is 0 Å². The van der Waals surface area contributed by atoms with Crippen molar-refractivity contribution in [1.82, 2.24) is 0 Å². The molecule has 0 aliphatic carbocycles. The maximum atomic E-state index is 13.0. The molecule has 0 saturated carbocycles. The summed E-state index contributed by atoms with van der Waals surface area (Å²) in [5.41, 5.74) is 9.15. The molecular weight excluding hydrogens is 284 g/mol. The van der Waals surface area contributed by atoms with Gasteiger partial charge in [-0.3, -0.25) is 4.31 Å². The van der Waals surface area contributed by atoms with Crippen LogP contribution >= 0.6 is 0 Å². The van der Waals surface area contributed by atoms with Crippen molar-refractivity contribution in [2.45, 2.75) is 24.8 Å². The molecule has 0 atom stereocenters. The number of para-hydroxylation sites is 1. The van der Waals surface area contributed by atoms with Gasteiger partial charge in [0.1, 0.15) is 0 Å². The molecule has 110 valence electrons. The highest BCUT2D eigenvalue weighted by atomic mass is 32.2. The van der Waals surface area contributed by atoms with Gasteiger partial charge in [0.15, 0.2) is 0 Å². The van der Waals surface area contributed by atoms with E-state index >= 15 is 0 Å². The monoisotopic (exact) mass is 302 g/mol. The lowest BCUT2D eigenvalue weighted by atomic mass is 10.1. The summed E-state index contributed by atoms with van der Waals surface area (Å²) >= 11 is 0. The summed E-state index contributed by atoms with van der Waals surface area (Å²) in [6, 6.07) is 12.9. The van der Waals surface area contributed by atoms with Crippen molar-refractivity contribution in [2.75, 3.05) is 10.8 Å². The van der Waals surface area contributed by atoms with Crippen LogP contribution in [0.2, 0.25) is 0 Å². The Hall–Kier alpha value is -1.85. The highest BCUT2D eigenvalue weighted by Gasteiger charge is 2.31. The first-order valence-electron chi connectivity index (χ1n) is 6.95. The van der Waals surface area contributed by atoms with Crippen molar-refractivity contribution in [3.8, 4) is 0 Å². The number of sulfonamides is 1. The third kappa shape index (κ3) is 2.22. The van der Waals surface area contributed by atoms with E-state index in [0.717, 1.165) is 28.8 Å². The highest BCUT2D eigenvalue weighted by molar-refractivity contribution is 7.93.